The van der Waals surface area contributed by atoms with Crippen molar-refractivity contribution in [2.45, 2.75) is 31.5 Å². The Hall–Kier alpha value is -3.40. The third kappa shape index (κ3) is 5.70. The molecule has 0 spiro atoms. The number of amides is 1. The molecule has 1 aliphatic heterocycles. The Morgan fingerprint density at radius 3 is 2.70 bits per heavy atom. The summed E-state index contributed by atoms with van der Waals surface area (Å²) in [4.78, 5) is 14.9. The number of methoxy groups -OCH3 is 1. The molecule has 0 radical (unpaired) electrons. The molecule has 2 heterocycles. The van der Waals surface area contributed by atoms with Gasteiger partial charge in [0, 0.05) is 30.5 Å². The highest BCUT2D eigenvalue weighted by atomic mass is 32.2. The summed E-state index contributed by atoms with van der Waals surface area (Å²) in [5.74, 6) is 7.92. The molecule has 1 aliphatic rings. The summed E-state index contributed by atoms with van der Waals surface area (Å²) >= 11 is 1.22. The number of nitrogen functional groups attached to an aromatic ring is 1. The van der Waals surface area contributed by atoms with Gasteiger partial charge in [-0.15, -0.1) is 10.2 Å². The molecule has 0 atom stereocenters. The smallest absolute Gasteiger partial charge is 0.234 e. The van der Waals surface area contributed by atoms with Gasteiger partial charge >= 0.3 is 0 Å². The molecule has 0 aliphatic carbocycles. The van der Waals surface area contributed by atoms with E-state index in [1.165, 1.54) is 35.0 Å². The number of ether oxygens (including phenoxy) is 2. The van der Waals surface area contributed by atoms with Gasteiger partial charge in [-0.2, -0.15) is 0 Å². The van der Waals surface area contributed by atoms with Crippen molar-refractivity contribution < 1.29 is 14.3 Å². The number of hydrogen-bond donors (Lipinski definition) is 2. The molecule has 10 heteroatoms. The number of aryl methyl sites for hydroxylation is 1. The van der Waals surface area contributed by atoms with E-state index in [0.717, 1.165) is 24.3 Å². The Bertz CT molecular complexity index is 1110. The number of aromatic nitrogens is 3. The lowest BCUT2D eigenvalue weighted by Crippen LogP contribution is -2.19. The number of nitrogens with one attached hydrogen (secondary N) is 1. The fourth-order valence-corrected chi connectivity index (χ4v) is 4.29. The van der Waals surface area contributed by atoms with Crippen LogP contribution in [0.1, 0.15) is 24.2 Å². The predicted molar refractivity (Wildman–Crippen MR) is 129 cm³/mol. The minimum atomic E-state index is -0.130. The van der Waals surface area contributed by atoms with Crippen molar-refractivity contribution in [2.24, 2.45) is 0 Å². The molecular weight excluding hydrogens is 440 g/mol. The van der Waals surface area contributed by atoms with Crippen LogP contribution >= 0.6 is 11.8 Å². The van der Waals surface area contributed by atoms with Gasteiger partial charge in [0.2, 0.25) is 11.1 Å². The highest BCUT2D eigenvalue weighted by Crippen LogP contribution is 2.26. The molecule has 4 rings (SSSR count). The van der Waals surface area contributed by atoms with Crippen molar-refractivity contribution in [2.75, 3.05) is 42.0 Å². The first-order chi connectivity index (χ1) is 16.0. The van der Waals surface area contributed by atoms with Gasteiger partial charge in [-0.3, -0.25) is 4.79 Å². The van der Waals surface area contributed by atoms with Crippen LogP contribution in [-0.4, -0.2) is 46.7 Å². The zero-order valence-electron chi connectivity index (χ0n) is 18.8. The molecule has 1 aromatic heterocycles. The highest BCUT2D eigenvalue weighted by Gasteiger charge is 2.15. The number of carbonyl (C=O) groups excluding carboxylic acids is 1. The fourth-order valence-electron chi connectivity index (χ4n) is 3.62. The second-order valence-corrected chi connectivity index (χ2v) is 8.71. The number of carbonyl (C=O) groups is 1. The van der Waals surface area contributed by atoms with Crippen LogP contribution in [0.2, 0.25) is 0 Å². The number of benzene rings is 2. The van der Waals surface area contributed by atoms with E-state index >= 15 is 0 Å². The molecule has 174 valence electrons. The van der Waals surface area contributed by atoms with Crippen molar-refractivity contribution >= 4 is 29.0 Å². The van der Waals surface area contributed by atoms with Crippen molar-refractivity contribution in [1.29, 1.82) is 0 Å². The van der Waals surface area contributed by atoms with Gasteiger partial charge in [-0.25, -0.2) is 4.68 Å². The summed E-state index contributed by atoms with van der Waals surface area (Å²) in [6, 6.07) is 13.4. The normalized spacial score (nSPS) is 13.2. The minimum Gasteiger partial charge on any atom is -0.497 e. The number of anilines is 2. The van der Waals surface area contributed by atoms with Crippen LogP contribution < -0.4 is 25.5 Å². The Morgan fingerprint density at radius 2 is 1.94 bits per heavy atom. The number of thioether (sulfide) groups is 1. The topological polar surface area (TPSA) is 108 Å². The van der Waals surface area contributed by atoms with E-state index in [1.54, 1.807) is 13.2 Å². The quantitative estimate of drug-likeness (QED) is 0.364. The maximum absolute atomic E-state index is 12.5. The van der Waals surface area contributed by atoms with Crippen molar-refractivity contribution in [3.05, 3.63) is 53.9 Å². The third-order valence-corrected chi connectivity index (χ3v) is 6.38. The monoisotopic (exact) mass is 468 g/mol. The van der Waals surface area contributed by atoms with E-state index in [9.17, 15) is 4.79 Å². The number of nitrogens with two attached hydrogens (primary N) is 1. The Morgan fingerprint density at radius 1 is 1.15 bits per heavy atom. The van der Waals surface area contributed by atoms with Crippen LogP contribution in [0.4, 0.5) is 11.4 Å². The summed E-state index contributed by atoms with van der Waals surface area (Å²) in [6.45, 7) is 4.33. The lowest BCUT2D eigenvalue weighted by atomic mass is 10.1. The molecule has 0 bridgehead atoms. The van der Waals surface area contributed by atoms with Gasteiger partial charge in [0.1, 0.15) is 18.1 Å². The van der Waals surface area contributed by atoms with E-state index in [0.29, 0.717) is 22.5 Å². The average molecular weight is 469 g/mol. The molecule has 3 N–H and O–H groups in total. The number of rotatable bonds is 9. The first-order valence-electron chi connectivity index (χ1n) is 10.8. The van der Waals surface area contributed by atoms with E-state index < -0.39 is 0 Å². The first kappa shape index (κ1) is 22.8. The third-order valence-electron chi connectivity index (χ3n) is 5.43. The largest absolute Gasteiger partial charge is 0.497 e. The van der Waals surface area contributed by atoms with Crippen LogP contribution in [0.15, 0.2) is 47.6 Å². The molecule has 0 unspecified atom stereocenters. The summed E-state index contributed by atoms with van der Waals surface area (Å²) in [5.41, 5.74) is 3.05. The van der Waals surface area contributed by atoms with Crippen LogP contribution in [0.5, 0.6) is 11.5 Å². The van der Waals surface area contributed by atoms with Gasteiger partial charge in [-0.05, 0) is 55.7 Å². The lowest BCUT2D eigenvalue weighted by molar-refractivity contribution is -0.113. The van der Waals surface area contributed by atoms with E-state index in [1.807, 2.05) is 31.2 Å². The molecule has 33 heavy (non-hydrogen) atoms. The Balaban J connectivity index is 1.29. The molecule has 1 saturated heterocycles. The zero-order valence-corrected chi connectivity index (χ0v) is 19.6. The molecule has 1 amide bonds. The molecular formula is C23H28N6O3S. The van der Waals surface area contributed by atoms with Gasteiger partial charge in [0.05, 0.1) is 12.9 Å². The molecule has 9 nitrogen and oxygen atoms in total. The summed E-state index contributed by atoms with van der Waals surface area (Å²) < 4.78 is 12.2. The first-order valence-corrected chi connectivity index (χ1v) is 11.8. The van der Waals surface area contributed by atoms with Crippen molar-refractivity contribution in [3.63, 3.8) is 0 Å². The Kier molecular flexibility index (Phi) is 7.23. The van der Waals surface area contributed by atoms with E-state index in [-0.39, 0.29) is 18.3 Å². The summed E-state index contributed by atoms with van der Waals surface area (Å²) in [5, 5.41) is 11.6. The second-order valence-electron chi connectivity index (χ2n) is 7.77. The maximum Gasteiger partial charge on any atom is 0.234 e. The van der Waals surface area contributed by atoms with Crippen LogP contribution in [0, 0.1) is 6.92 Å². The van der Waals surface area contributed by atoms with Gasteiger partial charge in [-0.1, -0.05) is 17.8 Å². The van der Waals surface area contributed by atoms with Gasteiger partial charge < -0.3 is 25.5 Å². The second kappa shape index (κ2) is 10.5. The SMILES string of the molecule is COc1cccc(OCc2nnc(SCC(=O)Nc3ccc(N4CCCC4)cc3C)n2N)c1. The predicted octanol–water partition coefficient (Wildman–Crippen LogP) is 3.22. The van der Waals surface area contributed by atoms with Crippen molar-refractivity contribution in [3.8, 4) is 11.5 Å². The number of nitrogens with zero attached hydrogens (tertiary/aromatic N) is 4. The summed E-state index contributed by atoms with van der Waals surface area (Å²) in [6.07, 6.45) is 2.46. The zero-order chi connectivity index (χ0) is 23.2. The fraction of sp³-hybridized carbons (Fsp3) is 0.348. The van der Waals surface area contributed by atoms with E-state index in [2.05, 4.69) is 32.5 Å². The molecule has 1 fully saturated rings. The van der Waals surface area contributed by atoms with Crippen molar-refractivity contribution in [1.82, 2.24) is 14.9 Å². The highest BCUT2D eigenvalue weighted by molar-refractivity contribution is 7.99. The van der Waals surface area contributed by atoms with Gasteiger partial charge in [0.15, 0.2) is 5.82 Å². The standard InChI is InChI=1S/C23H28N6O3S/c1-16-12-17(28-10-3-4-11-28)8-9-20(16)25-22(30)15-33-23-27-26-21(29(23)24)14-32-19-7-5-6-18(13-19)31-2/h5-9,12-13H,3-4,10-11,14-15,24H2,1-2H3,(H,25,30). The molecule has 2 aromatic carbocycles. The van der Waals surface area contributed by atoms with Crippen LogP contribution in [0.3, 0.4) is 0 Å². The van der Waals surface area contributed by atoms with Gasteiger partial charge in [0.25, 0.3) is 0 Å². The van der Waals surface area contributed by atoms with E-state index in [4.69, 9.17) is 15.3 Å². The minimum absolute atomic E-state index is 0.130. The van der Waals surface area contributed by atoms with Crippen LogP contribution in [-0.2, 0) is 11.4 Å². The Labute approximate surface area is 197 Å². The lowest BCUT2D eigenvalue weighted by Gasteiger charge is -2.19. The molecule has 0 saturated carbocycles. The molecule has 3 aromatic rings. The van der Waals surface area contributed by atoms with Crippen LogP contribution in [0.25, 0.3) is 0 Å². The maximum atomic E-state index is 12.5. The number of hydrogen-bond acceptors (Lipinski definition) is 8. The summed E-state index contributed by atoms with van der Waals surface area (Å²) in [7, 11) is 1.60. The average Bonchev–Trinajstić information content (AvgIpc) is 3.48.